The number of aryl methyl sites for hydroxylation is 1. The van der Waals surface area contributed by atoms with E-state index < -0.39 is 0 Å². The van der Waals surface area contributed by atoms with Crippen LogP contribution in [0, 0.1) is 6.92 Å². The van der Waals surface area contributed by atoms with E-state index in [0.717, 1.165) is 37.2 Å². The van der Waals surface area contributed by atoms with Gasteiger partial charge in [-0.05, 0) is 50.9 Å². The molecule has 2 aromatic rings. The lowest BCUT2D eigenvalue weighted by atomic mass is 10.1. The highest BCUT2D eigenvalue weighted by atomic mass is 16.5. The maximum atomic E-state index is 12.4. The molecule has 0 spiro atoms. The molecule has 0 saturated carbocycles. The average Bonchev–Trinajstić information content (AvgIpc) is 2.76. The molecule has 1 aromatic carbocycles. The van der Waals surface area contributed by atoms with Gasteiger partial charge < -0.3 is 20.3 Å². The van der Waals surface area contributed by atoms with Gasteiger partial charge in [-0.1, -0.05) is 26.0 Å². The smallest absolute Gasteiger partial charge is 0.324 e. The summed E-state index contributed by atoms with van der Waals surface area (Å²) < 4.78 is 5.72. The molecule has 8 nitrogen and oxygen atoms in total. The fourth-order valence-corrected chi connectivity index (χ4v) is 3.05. The number of anilines is 3. The van der Waals surface area contributed by atoms with Crippen molar-refractivity contribution in [3.8, 4) is 5.88 Å². The van der Waals surface area contributed by atoms with Crippen molar-refractivity contribution in [3.63, 3.8) is 0 Å². The number of aromatic nitrogens is 2. The minimum absolute atomic E-state index is 0.352. The summed E-state index contributed by atoms with van der Waals surface area (Å²) in [5, 5.41) is 8.66. The van der Waals surface area contributed by atoms with Gasteiger partial charge in [0.25, 0.3) is 0 Å². The zero-order valence-corrected chi connectivity index (χ0v) is 18.5. The Morgan fingerprint density at radius 2 is 1.87 bits per heavy atom. The van der Waals surface area contributed by atoms with Crippen LogP contribution < -0.4 is 25.6 Å². The Labute approximate surface area is 179 Å². The van der Waals surface area contributed by atoms with E-state index in [1.165, 1.54) is 6.42 Å². The summed E-state index contributed by atoms with van der Waals surface area (Å²) in [6, 6.07) is 8.93. The van der Waals surface area contributed by atoms with Gasteiger partial charge in [-0.25, -0.2) is 4.79 Å². The van der Waals surface area contributed by atoms with Gasteiger partial charge in [-0.2, -0.15) is 9.97 Å². The zero-order valence-electron chi connectivity index (χ0n) is 18.5. The third-order valence-electron chi connectivity index (χ3n) is 4.45. The largest absolute Gasteiger partial charge is 0.476 e. The standard InChI is InChI=1S/C20H28N6O2.C2H6/c1-15-7-6-8-16(13-15)22-20(27)24-17-14-18(28-12-9-21-2)25-19(23-17)26-10-4-3-5-11-26;1-2/h6-8,13-14,21H,3-5,9-12H2,1-2H3,(H2,22,23,24,25,27);1-2H3. The molecule has 0 radical (unpaired) electrons. The molecule has 8 heteroatoms. The first kappa shape index (κ1) is 23.4. The third kappa shape index (κ3) is 7.51. The van der Waals surface area contributed by atoms with Gasteiger partial charge >= 0.3 is 6.03 Å². The highest BCUT2D eigenvalue weighted by Gasteiger charge is 2.17. The fraction of sp³-hybridized carbons (Fsp3) is 0.500. The van der Waals surface area contributed by atoms with E-state index >= 15 is 0 Å². The van der Waals surface area contributed by atoms with Gasteiger partial charge in [0.15, 0.2) is 0 Å². The molecule has 0 unspecified atom stereocenters. The van der Waals surface area contributed by atoms with Crippen molar-refractivity contribution >= 4 is 23.5 Å². The highest BCUT2D eigenvalue weighted by molar-refractivity contribution is 5.99. The maximum Gasteiger partial charge on any atom is 0.324 e. The lowest BCUT2D eigenvalue weighted by Crippen LogP contribution is -2.31. The predicted molar refractivity (Wildman–Crippen MR) is 123 cm³/mol. The maximum absolute atomic E-state index is 12.4. The molecule has 0 aliphatic carbocycles. The normalized spacial score (nSPS) is 13.1. The van der Waals surface area contributed by atoms with E-state index in [9.17, 15) is 4.79 Å². The topological polar surface area (TPSA) is 91.4 Å². The number of rotatable bonds is 7. The summed E-state index contributed by atoms with van der Waals surface area (Å²) in [7, 11) is 1.87. The molecule has 1 fully saturated rings. The summed E-state index contributed by atoms with van der Waals surface area (Å²) in [6.45, 7) is 9.00. The van der Waals surface area contributed by atoms with E-state index in [2.05, 4.69) is 30.8 Å². The molecule has 30 heavy (non-hydrogen) atoms. The molecule has 2 amide bonds. The van der Waals surface area contributed by atoms with Crippen LogP contribution >= 0.6 is 0 Å². The average molecular weight is 415 g/mol. The van der Waals surface area contributed by atoms with Crippen LogP contribution in [0.2, 0.25) is 0 Å². The Hall–Kier alpha value is -2.87. The van der Waals surface area contributed by atoms with Crippen LogP contribution in [0.25, 0.3) is 0 Å². The van der Waals surface area contributed by atoms with Crippen molar-refractivity contribution in [2.45, 2.75) is 40.0 Å². The van der Waals surface area contributed by atoms with Gasteiger partial charge in [-0.15, -0.1) is 0 Å². The summed E-state index contributed by atoms with van der Waals surface area (Å²) in [6.07, 6.45) is 3.45. The van der Waals surface area contributed by atoms with Crippen molar-refractivity contribution in [3.05, 3.63) is 35.9 Å². The molecule has 0 bridgehead atoms. The molecular weight excluding hydrogens is 380 g/mol. The predicted octanol–water partition coefficient (Wildman–Crippen LogP) is 4.04. The number of nitrogens with zero attached hydrogens (tertiary/aromatic N) is 3. The number of urea groups is 1. The first-order chi connectivity index (χ1) is 14.6. The third-order valence-corrected chi connectivity index (χ3v) is 4.45. The molecule has 0 atom stereocenters. The summed E-state index contributed by atoms with van der Waals surface area (Å²) in [4.78, 5) is 23.6. The van der Waals surface area contributed by atoms with Crippen LogP contribution in [0.15, 0.2) is 30.3 Å². The number of piperidine rings is 1. The van der Waals surface area contributed by atoms with Crippen LogP contribution in [0.5, 0.6) is 5.88 Å². The van der Waals surface area contributed by atoms with Gasteiger partial charge in [0.05, 0.1) is 0 Å². The molecule has 1 aromatic heterocycles. The van der Waals surface area contributed by atoms with E-state index in [-0.39, 0.29) is 6.03 Å². The van der Waals surface area contributed by atoms with Gasteiger partial charge in [0.2, 0.25) is 11.8 Å². The summed E-state index contributed by atoms with van der Waals surface area (Å²) >= 11 is 0. The second kappa shape index (κ2) is 12.6. The zero-order chi connectivity index (χ0) is 21.8. The number of benzene rings is 1. The monoisotopic (exact) mass is 414 g/mol. The first-order valence-electron chi connectivity index (χ1n) is 10.7. The van der Waals surface area contributed by atoms with Crippen molar-refractivity contribution < 1.29 is 9.53 Å². The SMILES string of the molecule is CC.CNCCOc1cc(NC(=O)Nc2cccc(C)c2)nc(N2CCCCC2)n1. The molecule has 2 heterocycles. The lowest BCUT2D eigenvalue weighted by Gasteiger charge is -2.27. The van der Waals surface area contributed by atoms with Crippen molar-refractivity contribution in [2.75, 3.05) is 48.8 Å². The molecule has 3 N–H and O–H groups in total. The van der Waals surface area contributed by atoms with E-state index in [4.69, 9.17) is 4.74 Å². The van der Waals surface area contributed by atoms with Crippen LogP contribution in [-0.2, 0) is 0 Å². The Balaban J connectivity index is 0.00000155. The van der Waals surface area contributed by atoms with Crippen molar-refractivity contribution in [1.82, 2.24) is 15.3 Å². The van der Waals surface area contributed by atoms with E-state index in [1.807, 2.05) is 52.1 Å². The summed E-state index contributed by atoms with van der Waals surface area (Å²) in [5.74, 6) is 1.46. The Kier molecular flexibility index (Phi) is 9.86. The minimum Gasteiger partial charge on any atom is -0.476 e. The van der Waals surface area contributed by atoms with Crippen LogP contribution in [0.1, 0.15) is 38.7 Å². The van der Waals surface area contributed by atoms with Crippen LogP contribution in [0.3, 0.4) is 0 Å². The molecular formula is C22H34N6O2. The Morgan fingerprint density at radius 1 is 1.10 bits per heavy atom. The van der Waals surface area contributed by atoms with Crippen molar-refractivity contribution in [1.29, 1.82) is 0 Å². The second-order valence-electron chi connectivity index (χ2n) is 6.84. The molecule has 3 rings (SSSR count). The molecule has 1 aliphatic heterocycles. The fourth-order valence-electron chi connectivity index (χ4n) is 3.05. The number of carbonyl (C=O) groups is 1. The first-order valence-corrected chi connectivity index (χ1v) is 10.7. The number of nitrogens with one attached hydrogen (secondary N) is 3. The number of amides is 2. The number of ether oxygens (including phenoxy) is 1. The van der Waals surface area contributed by atoms with Crippen LogP contribution in [0.4, 0.5) is 22.2 Å². The number of likely N-dealkylation sites (N-methyl/N-ethyl adjacent to an activating group) is 1. The van der Waals surface area contributed by atoms with E-state index in [0.29, 0.717) is 30.8 Å². The molecule has 1 aliphatic rings. The number of carbonyl (C=O) groups excluding carboxylic acids is 1. The van der Waals surface area contributed by atoms with Crippen molar-refractivity contribution in [2.24, 2.45) is 0 Å². The Bertz CT molecular complexity index is 793. The lowest BCUT2D eigenvalue weighted by molar-refractivity contribution is 0.262. The quantitative estimate of drug-likeness (QED) is 0.592. The Morgan fingerprint density at radius 3 is 2.57 bits per heavy atom. The van der Waals surface area contributed by atoms with Crippen LogP contribution in [-0.4, -0.2) is 49.3 Å². The van der Waals surface area contributed by atoms with Gasteiger partial charge in [-0.3, -0.25) is 5.32 Å². The second-order valence-corrected chi connectivity index (χ2v) is 6.84. The van der Waals surface area contributed by atoms with Gasteiger partial charge in [0, 0.05) is 31.4 Å². The van der Waals surface area contributed by atoms with Gasteiger partial charge in [0.1, 0.15) is 12.4 Å². The minimum atomic E-state index is -0.352. The summed E-state index contributed by atoms with van der Waals surface area (Å²) in [5.41, 5.74) is 1.81. The molecule has 164 valence electrons. The van der Waals surface area contributed by atoms with E-state index in [1.54, 1.807) is 6.07 Å². The number of hydrogen-bond donors (Lipinski definition) is 3. The highest BCUT2D eigenvalue weighted by Crippen LogP contribution is 2.22. The molecule has 1 saturated heterocycles. The number of hydrogen-bond acceptors (Lipinski definition) is 6.